The first-order valence-electron chi connectivity index (χ1n) is 11.8. The molecule has 1 aromatic rings. The molecule has 2 aliphatic rings. The highest BCUT2D eigenvalue weighted by Crippen LogP contribution is 2.20. The summed E-state index contributed by atoms with van der Waals surface area (Å²) >= 11 is 0. The lowest BCUT2D eigenvalue weighted by atomic mass is 10.1. The zero-order valence-corrected chi connectivity index (χ0v) is 19.4. The number of benzene rings is 1. The Hall–Kier alpha value is -2.28. The molecule has 1 unspecified atom stereocenters. The van der Waals surface area contributed by atoms with Crippen LogP contribution in [0, 0.1) is 0 Å². The molecule has 1 aromatic carbocycles. The topological polar surface area (TPSA) is 60.4 Å². The smallest absolute Gasteiger partial charge is 0.239 e. The van der Waals surface area contributed by atoms with Gasteiger partial charge >= 0.3 is 0 Å². The van der Waals surface area contributed by atoms with Gasteiger partial charge in [0.2, 0.25) is 5.91 Å². The van der Waals surface area contributed by atoms with Crippen LogP contribution in [0.2, 0.25) is 0 Å². The second-order valence-electron chi connectivity index (χ2n) is 8.63. The summed E-state index contributed by atoms with van der Waals surface area (Å²) in [6.07, 6.45) is 5.32. The molecule has 2 aliphatic heterocycles. The van der Waals surface area contributed by atoms with Gasteiger partial charge in [-0.3, -0.25) is 14.7 Å². The number of aliphatic imine (C=N–C) groups is 1. The van der Waals surface area contributed by atoms with Gasteiger partial charge in [-0.1, -0.05) is 18.2 Å². The summed E-state index contributed by atoms with van der Waals surface area (Å²) < 4.78 is 6.12. The van der Waals surface area contributed by atoms with Crippen molar-refractivity contribution in [2.24, 2.45) is 4.99 Å². The van der Waals surface area contributed by atoms with Crippen LogP contribution >= 0.6 is 0 Å². The van der Waals surface area contributed by atoms with E-state index in [0.717, 1.165) is 83.1 Å². The lowest BCUT2D eigenvalue weighted by Gasteiger charge is -2.34. The first-order chi connectivity index (χ1) is 15.1. The number of carbonyl (C=O) groups is 1. The fourth-order valence-electron chi connectivity index (χ4n) is 4.43. The van der Waals surface area contributed by atoms with Crippen molar-refractivity contribution in [2.75, 3.05) is 53.4 Å². The Morgan fingerprint density at radius 3 is 2.58 bits per heavy atom. The van der Waals surface area contributed by atoms with Crippen LogP contribution in [-0.4, -0.2) is 92.1 Å². The predicted octanol–water partition coefficient (Wildman–Crippen LogP) is 2.44. The molecule has 0 radical (unpaired) electrons. The van der Waals surface area contributed by atoms with Gasteiger partial charge in [0.15, 0.2) is 5.96 Å². The quantitative estimate of drug-likeness (QED) is 0.391. The van der Waals surface area contributed by atoms with E-state index in [9.17, 15) is 4.79 Å². The third-order valence-electron chi connectivity index (χ3n) is 6.08. The van der Waals surface area contributed by atoms with Gasteiger partial charge in [0.1, 0.15) is 11.9 Å². The number of likely N-dealkylation sites (tertiary alicyclic amines) is 2. The van der Waals surface area contributed by atoms with Crippen molar-refractivity contribution in [2.45, 2.75) is 51.2 Å². The van der Waals surface area contributed by atoms with Crippen LogP contribution in [0.1, 0.15) is 39.0 Å². The Bertz CT molecular complexity index is 701. The maximum Gasteiger partial charge on any atom is 0.239 e. The number of nitrogens with zero attached hydrogens (tertiary/aromatic N) is 4. The highest BCUT2D eigenvalue weighted by Gasteiger charge is 2.31. The molecule has 3 rings (SSSR count). The third kappa shape index (κ3) is 6.86. The number of amides is 1. The molecule has 31 heavy (non-hydrogen) atoms. The van der Waals surface area contributed by atoms with Crippen LogP contribution < -0.4 is 10.1 Å². The number of carbonyl (C=O) groups excluding carboxylic acids is 1. The number of nitrogens with one attached hydrogen (secondary N) is 1. The lowest BCUT2D eigenvalue weighted by molar-refractivity contribution is -0.133. The van der Waals surface area contributed by atoms with Crippen molar-refractivity contribution in [3.8, 4) is 5.75 Å². The number of likely N-dealkylation sites (N-methyl/N-ethyl adjacent to an activating group) is 1. The summed E-state index contributed by atoms with van der Waals surface area (Å²) in [5.41, 5.74) is 0. The predicted molar refractivity (Wildman–Crippen MR) is 126 cm³/mol. The van der Waals surface area contributed by atoms with Crippen LogP contribution in [0.4, 0.5) is 0 Å². The van der Waals surface area contributed by atoms with Gasteiger partial charge in [-0.2, -0.15) is 0 Å². The molecule has 2 saturated heterocycles. The van der Waals surface area contributed by atoms with Gasteiger partial charge in [0.05, 0.1) is 6.04 Å². The Morgan fingerprint density at radius 2 is 1.90 bits per heavy atom. The fourth-order valence-corrected chi connectivity index (χ4v) is 4.43. The van der Waals surface area contributed by atoms with E-state index in [4.69, 9.17) is 9.73 Å². The zero-order valence-electron chi connectivity index (χ0n) is 19.4. The van der Waals surface area contributed by atoms with Crippen LogP contribution in [0.5, 0.6) is 5.75 Å². The van der Waals surface area contributed by atoms with Crippen molar-refractivity contribution >= 4 is 11.9 Å². The highest BCUT2D eigenvalue weighted by molar-refractivity contribution is 5.81. The van der Waals surface area contributed by atoms with Gasteiger partial charge in [-0.25, -0.2) is 0 Å². The zero-order chi connectivity index (χ0) is 22.1. The van der Waals surface area contributed by atoms with Gasteiger partial charge in [0, 0.05) is 59.7 Å². The second kappa shape index (κ2) is 11.9. The maximum absolute atomic E-state index is 12.4. The normalized spacial score (nSPS) is 20.7. The highest BCUT2D eigenvalue weighted by atomic mass is 16.5. The molecule has 1 amide bonds. The summed E-state index contributed by atoms with van der Waals surface area (Å²) in [6.45, 7) is 7.61. The second-order valence-corrected chi connectivity index (χ2v) is 8.63. The number of para-hydroxylation sites is 1. The molecule has 0 spiro atoms. The van der Waals surface area contributed by atoms with E-state index in [0.29, 0.717) is 0 Å². The van der Waals surface area contributed by atoms with E-state index in [1.165, 1.54) is 0 Å². The largest absolute Gasteiger partial charge is 0.490 e. The number of hydrogen-bond donors (Lipinski definition) is 1. The number of rotatable bonds is 8. The van der Waals surface area contributed by atoms with E-state index >= 15 is 0 Å². The molecular weight excluding hydrogens is 390 g/mol. The first-order valence-corrected chi connectivity index (χ1v) is 11.8. The minimum atomic E-state index is 0.0517. The van der Waals surface area contributed by atoms with Gasteiger partial charge in [-0.15, -0.1) is 0 Å². The number of guanidine groups is 1. The van der Waals surface area contributed by atoms with Crippen LogP contribution in [0.25, 0.3) is 0 Å². The molecule has 1 atom stereocenters. The van der Waals surface area contributed by atoms with Crippen LogP contribution in [-0.2, 0) is 4.79 Å². The Balaban J connectivity index is 1.44. The van der Waals surface area contributed by atoms with Gasteiger partial charge < -0.3 is 19.9 Å². The standard InChI is InChI=1S/C24H39N5O2/c1-4-25-24(26-15-9-17-28-16-8-12-22(28)23(30)27(2)3)29-18-13-21(14-19-29)31-20-10-6-5-7-11-20/h5-7,10-11,21-22H,4,8-9,12-19H2,1-3H3,(H,25,26). The monoisotopic (exact) mass is 429 g/mol. The molecule has 2 heterocycles. The van der Waals surface area contributed by atoms with E-state index in [1.54, 1.807) is 4.90 Å². The van der Waals surface area contributed by atoms with E-state index in [2.05, 4.69) is 22.0 Å². The molecule has 0 aliphatic carbocycles. The molecule has 7 nitrogen and oxygen atoms in total. The minimum Gasteiger partial charge on any atom is -0.490 e. The van der Waals surface area contributed by atoms with Crippen LogP contribution in [0.15, 0.2) is 35.3 Å². The molecule has 1 N–H and O–H groups in total. The van der Waals surface area contributed by atoms with E-state index < -0.39 is 0 Å². The van der Waals surface area contributed by atoms with Crippen LogP contribution in [0.3, 0.4) is 0 Å². The third-order valence-corrected chi connectivity index (χ3v) is 6.08. The molecule has 0 aromatic heterocycles. The van der Waals surface area contributed by atoms with Crippen molar-refractivity contribution < 1.29 is 9.53 Å². The van der Waals surface area contributed by atoms with Crippen molar-refractivity contribution in [3.05, 3.63) is 30.3 Å². The fraction of sp³-hybridized carbons (Fsp3) is 0.667. The molecule has 7 heteroatoms. The average Bonchev–Trinajstić information content (AvgIpc) is 3.25. The summed E-state index contributed by atoms with van der Waals surface area (Å²) in [4.78, 5) is 23.6. The first kappa shape index (κ1) is 23.4. The summed E-state index contributed by atoms with van der Waals surface area (Å²) in [5, 5.41) is 3.45. The number of piperidine rings is 1. The van der Waals surface area contributed by atoms with Gasteiger partial charge in [-0.05, 0) is 44.9 Å². The lowest BCUT2D eigenvalue weighted by Crippen LogP contribution is -2.47. The number of hydrogen-bond acceptors (Lipinski definition) is 4. The molecule has 172 valence electrons. The summed E-state index contributed by atoms with van der Waals surface area (Å²) in [7, 11) is 3.69. The molecule has 2 fully saturated rings. The van der Waals surface area contributed by atoms with E-state index in [1.807, 2.05) is 44.4 Å². The molecule has 0 saturated carbocycles. The van der Waals surface area contributed by atoms with Crippen molar-refractivity contribution in [1.82, 2.24) is 20.0 Å². The molecule has 0 bridgehead atoms. The van der Waals surface area contributed by atoms with Crippen molar-refractivity contribution in [1.29, 1.82) is 0 Å². The maximum atomic E-state index is 12.4. The van der Waals surface area contributed by atoms with E-state index in [-0.39, 0.29) is 18.1 Å². The Morgan fingerprint density at radius 1 is 1.16 bits per heavy atom. The van der Waals surface area contributed by atoms with Gasteiger partial charge in [0.25, 0.3) is 0 Å². The Labute approximate surface area is 187 Å². The summed E-state index contributed by atoms with van der Waals surface area (Å²) in [5.74, 6) is 2.19. The minimum absolute atomic E-state index is 0.0517. The summed E-state index contributed by atoms with van der Waals surface area (Å²) in [6, 6.07) is 10.1. The number of ether oxygens (including phenoxy) is 1. The Kier molecular flexibility index (Phi) is 9.00. The molecular formula is C24H39N5O2. The average molecular weight is 430 g/mol. The van der Waals surface area contributed by atoms with Crippen molar-refractivity contribution in [3.63, 3.8) is 0 Å². The SMILES string of the molecule is CCNC(=NCCCN1CCCC1C(=O)N(C)C)N1CCC(Oc2ccccc2)CC1.